The van der Waals surface area contributed by atoms with Gasteiger partial charge in [-0.15, -0.1) is 0 Å². The Labute approximate surface area is 102 Å². The van der Waals surface area contributed by atoms with Crippen molar-refractivity contribution >= 4 is 11.9 Å². The molecule has 0 saturated heterocycles. The second-order valence-corrected chi connectivity index (χ2v) is 4.94. The number of carboxylic acids is 1. The highest BCUT2D eigenvalue weighted by Crippen LogP contribution is 2.38. The van der Waals surface area contributed by atoms with Crippen LogP contribution in [0.25, 0.3) is 0 Å². The lowest BCUT2D eigenvalue weighted by Gasteiger charge is -2.27. The summed E-state index contributed by atoms with van der Waals surface area (Å²) in [5.74, 6) is -0.852. The van der Waals surface area contributed by atoms with Gasteiger partial charge in [-0.25, -0.2) is 0 Å². The summed E-state index contributed by atoms with van der Waals surface area (Å²) in [7, 11) is 1.84. The average molecular weight is 242 g/mol. The highest BCUT2D eigenvalue weighted by Gasteiger charge is 2.45. The molecule has 2 unspecified atom stereocenters. The van der Waals surface area contributed by atoms with E-state index in [0.717, 1.165) is 25.8 Å². The van der Waals surface area contributed by atoms with E-state index in [2.05, 4.69) is 10.6 Å². The van der Waals surface area contributed by atoms with Crippen LogP contribution in [-0.4, -0.2) is 36.6 Å². The summed E-state index contributed by atoms with van der Waals surface area (Å²) >= 11 is 0. The predicted molar refractivity (Wildman–Crippen MR) is 64.7 cm³/mol. The van der Waals surface area contributed by atoms with Crippen LogP contribution in [0.2, 0.25) is 0 Å². The van der Waals surface area contributed by atoms with Crippen molar-refractivity contribution in [3.63, 3.8) is 0 Å². The zero-order valence-electron chi connectivity index (χ0n) is 10.6. The predicted octanol–water partition coefficient (Wildman–Crippen LogP) is 0.746. The Balaban J connectivity index is 2.45. The number of rotatable bonds is 6. The summed E-state index contributed by atoms with van der Waals surface area (Å²) in [5, 5.41) is 15.0. The monoisotopic (exact) mass is 242 g/mol. The van der Waals surface area contributed by atoms with E-state index in [4.69, 9.17) is 0 Å². The molecule has 5 nitrogen and oxygen atoms in total. The van der Waals surface area contributed by atoms with Gasteiger partial charge in [0, 0.05) is 12.5 Å². The average Bonchev–Trinajstić information content (AvgIpc) is 2.62. The minimum Gasteiger partial charge on any atom is -0.481 e. The molecular formula is C12H22N2O3. The summed E-state index contributed by atoms with van der Waals surface area (Å²) in [4.78, 5) is 22.9. The van der Waals surface area contributed by atoms with E-state index in [1.807, 2.05) is 7.05 Å². The van der Waals surface area contributed by atoms with E-state index in [9.17, 15) is 14.7 Å². The zero-order chi connectivity index (χ0) is 12.9. The number of nitrogens with one attached hydrogen (secondary N) is 2. The summed E-state index contributed by atoms with van der Waals surface area (Å²) in [5.41, 5.74) is -0.793. The van der Waals surface area contributed by atoms with E-state index >= 15 is 0 Å². The molecule has 1 saturated carbocycles. The maximum Gasteiger partial charge on any atom is 0.311 e. The van der Waals surface area contributed by atoms with Gasteiger partial charge in [0.15, 0.2) is 0 Å². The van der Waals surface area contributed by atoms with Crippen LogP contribution in [0.1, 0.15) is 39.0 Å². The van der Waals surface area contributed by atoms with Gasteiger partial charge < -0.3 is 15.7 Å². The van der Waals surface area contributed by atoms with Crippen LogP contribution in [0.3, 0.4) is 0 Å². The van der Waals surface area contributed by atoms with Gasteiger partial charge in [-0.2, -0.15) is 0 Å². The lowest BCUT2D eigenvalue weighted by molar-refractivity contribution is -0.149. The standard InChI is InChI=1S/C12H22N2O3/c1-12(11(16)17)7-3-5-9(12)14-10(15)6-4-8-13-2/h9,13H,3-8H2,1-2H3,(H,14,15)(H,16,17). The molecule has 1 aliphatic carbocycles. The molecule has 2 atom stereocenters. The fourth-order valence-corrected chi connectivity index (χ4v) is 2.35. The Morgan fingerprint density at radius 1 is 1.47 bits per heavy atom. The van der Waals surface area contributed by atoms with Gasteiger partial charge in [0.1, 0.15) is 0 Å². The third-order valence-corrected chi connectivity index (χ3v) is 3.61. The lowest BCUT2D eigenvalue weighted by Crippen LogP contribution is -2.47. The van der Waals surface area contributed by atoms with E-state index in [-0.39, 0.29) is 11.9 Å². The number of carbonyl (C=O) groups excluding carboxylic acids is 1. The molecule has 17 heavy (non-hydrogen) atoms. The van der Waals surface area contributed by atoms with Crippen LogP contribution >= 0.6 is 0 Å². The van der Waals surface area contributed by atoms with Crippen LogP contribution in [0.5, 0.6) is 0 Å². The van der Waals surface area contributed by atoms with Crippen LogP contribution in [0.15, 0.2) is 0 Å². The largest absolute Gasteiger partial charge is 0.481 e. The second-order valence-electron chi connectivity index (χ2n) is 4.94. The zero-order valence-corrected chi connectivity index (χ0v) is 10.6. The molecule has 98 valence electrons. The van der Waals surface area contributed by atoms with Gasteiger partial charge in [-0.1, -0.05) is 6.42 Å². The molecule has 0 radical (unpaired) electrons. The second kappa shape index (κ2) is 6.00. The summed E-state index contributed by atoms with van der Waals surface area (Å²) in [6.45, 7) is 2.52. The van der Waals surface area contributed by atoms with E-state index in [1.165, 1.54) is 0 Å². The Hall–Kier alpha value is -1.10. The van der Waals surface area contributed by atoms with Crippen LogP contribution < -0.4 is 10.6 Å². The lowest BCUT2D eigenvalue weighted by atomic mass is 9.85. The Morgan fingerprint density at radius 2 is 2.18 bits per heavy atom. The van der Waals surface area contributed by atoms with Gasteiger partial charge in [0.25, 0.3) is 0 Å². The molecular weight excluding hydrogens is 220 g/mol. The SMILES string of the molecule is CNCCCC(=O)NC1CCCC1(C)C(=O)O. The van der Waals surface area contributed by atoms with Crippen molar-refractivity contribution in [1.29, 1.82) is 0 Å². The van der Waals surface area contributed by atoms with Gasteiger partial charge in [0.2, 0.25) is 5.91 Å². The van der Waals surface area contributed by atoms with Crippen molar-refractivity contribution in [3.05, 3.63) is 0 Å². The van der Waals surface area contributed by atoms with Crippen LogP contribution in [0.4, 0.5) is 0 Å². The summed E-state index contributed by atoms with van der Waals surface area (Å²) in [6.07, 6.45) is 3.50. The van der Waals surface area contributed by atoms with Crippen molar-refractivity contribution in [3.8, 4) is 0 Å². The maximum atomic E-state index is 11.7. The van der Waals surface area contributed by atoms with E-state index in [1.54, 1.807) is 6.92 Å². The first kappa shape index (κ1) is 14.0. The highest BCUT2D eigenvalue weighted by molar-refractivity contribution is 5.80. The Morgan fingerprint density at radius 3 is 2.76 bits per heavy atom. The number of aliphatic carboxylic acids is 1. The first-order valence-corrected chi connectivity index (χ1v) is 6.18. The smallest absolute Gasteiger partial charge is 0.311 e. The van der Waals surface area contributed by atoms with Gasteiger partial charge in [0.05, 0.1) is 5.41 Å². The number of hydrogen-bond acceptors (Lipinski definition) is 3. The summed E-state index contributed by atoms with van der Waals surface area (Å²) < 4.78 is 0. The highest BCUT2D eigenvalue weighted by atomic mass is 16.4. The van der Waals surface area contributed by atoms with Crippen molar-refractivity contribution in [1.82, 2.24) is 10.6 Å². The number of amides is 1. The fourth-order valence-electron chi connectivity index (χ4n) is 2.35. The maximum absolute atomic E-state index is 11.7. The van der Waals surface area contributed by atoms with Crippen molar-refractivity contribution < 1.29 is 14.7 Å². The van der Waals surface area contributed by atoms with E-state index in [0.29, 0.717) is 12.8 Å². The van der Waals surface area contributed by atoms with Gasteiger partial charge in [-0.3, -0.25) is 9.59 Å². The first-order chi connectivity index (χ1) is 8.00. The topological polar surface area (TPSA) is 78.4 Å². The molecule has 1 fully saturated rings. The number of carbonyl (C=O) groups is 2. The molecule has 1 rings (SSSR count). The quantitative estimate of drug-likeness (QED) is 0.600. The molecule has 0 aliphatic heterocycles. The minimum absolute atomic E-state index is 0.0420. The molecule has 5 heteroatoms. The Bertz CT molecular complexity index is 293. The molecule has 0 bridgehead atoms. The third kappa shape index (κ3) is 3.43. The van der Waals surface area contributed by atoms with Crippen LogP contribution in [-0.2, 0) is 9.59 Å². The van der Waals surface area contributed by atoms with Crippen molar-refractivity contribution in [2.45, 2.75) is 45.1 Å². The molecule has 0 aromatic carbocycles. The molecule has 0 aromatic rings. The minimum atomic E-state index is -0.810. The molecule has 3 N–H and O–H groups in total. The first-order valence-electron chi connectivity index (χ1n) is 6.18. The molecule has 0 aromatic heterocycles. The normalized spacial score (nSPS) is 28.0. The fraction of sp³-hybridized carbons (Fsp3) is 0.833. The van der Waals surface area contributed by atoms with Gasteiger partial charge in [-0.05, 0) is 39.8 Å². The Kier molecular flexibility index (Phi) is 4.93. The van der Waals surface area contributed by atoms with Gasteiger partial charge >= 0.3 is 5.97 Å². The molecule has 0 heterocycles. The number of hydrogen-bond donors (Lipinski definition) is 3. The van der Waals surface area contributed by atoms with Crippen molar-refractivity contribution in [2.24, 2.45) is 5.41 Å². The number of carboxylic acid groups (broad SMARTS) is 1. The van der Waals surface area contributed by atoms with Crippen molar-refractivity contribution in [2.75, 3.05) is 13.6 Å². The molecule has 1 aliphatic rings. The third-order valence-electron chi connectivity index (χ3n) is 3.61. The van der Waals surface area contributed by atoms with E-state index < -0.39 is 11.4 Å². The van der Waals surface area contributed by atoms with Crippen LogP contribution in [0, 0.1) is 5.41 Å². The molecule has 1 amide bonds. The summed E-state index contributed by atoms with van der Waals surface area (Å²) in [6, 6.07) is -0.220. The molecule has 0 spiro atoms.